The van der Waals surface area contributed by atoms with E-state index in [1.165, 1.54) is 11.3 Å². The Morgan fingerprint density at radius 3 is 2.76 bits per heavy atom. The first-order valence-corrected chi connectivity index (χ1v) is 7.74. The highest BCUT2D eigenvalue weighted by Gasteiger charge is 2.08. The van der Waals surface area contributed by atoms with Crippen LogP contribution in [0.3, 0.4) is 0 Å². The summed E-state index contributed by atoms with van der Waals surface area (Å²) in [6.07, 6.45) is 1.65. The number of rotatable bonds is 5. The molecule has 0 unspecified atom stereocenters. The van der Waals surface area contributed by atoms with Gasteiger partial charge in [0.25, 0.3) is 0 Å². The van der Waals surface area contributed by atoms with Gasteiger partial charge in [-0.05, 0) is 30.5 Å². The highest BCUT2D eigenvalue weighted by Crippen LogP contribution is 2.24. The summed E-state index contributed by atoms with van der Waals surface area (Å²) in [4.78, 5) is 16.0. The standard InChI is InChI=1S/C15H20N4OS/c1-10(2)9-17-13-8-11(3)4-5-12(13)18-14(20)19-15-16-6-7-21-15/h4-8,10,17H,9H2,1-3H3,(H2,16,18,19,20). The lowest BCUT2D eigenvalue weighted by atomic mass is 10.1. The third kappa shape index (κ3) is 4.75. The van der Waals surface area contributed by atoms with Gasteiger partial charge >= 0.3 is 6.03 Å². The zero-order chi connectivity index (χ0) is 15.2. The van der Waals surface area contributed by atoms with E-state index >= 15 is 0 Å². The smallest absolute Gasteiger partial charge is 0.325 e. The summed E-state index contributed by atoms with van der Waals surface area (Å²) in [6, 6.07) is 5.61. The molecule has 3 N–H and O–H groups in total. The number of hydrogen-bond acceptors (Lipinski definition) is 4. The van der Waals surface area contributed by atoms with Crippen molar-refractivity contribution in [1.82, 2.24) is 4.98 Å². The van der Waals surface area contributed by atoms with Crippen LogP contribution in [-0.4, -0.2) is 17.6 Å². The van der Waals surface area contributed by atoms with E-state index in [1.54, 1.807) is 6.20 Å². The average molecular weight is 304 g/mol. The number of aryl methyl sites for hydroxylation is 1. The van der Waals surface area contributed by atoms with Crippen LogP contribution in [0.5, 0.6) is 0 Å². The fourth-order valence-electron chi connectivity index (χ4n) is 1.76. The highest BCUT2D eigenvalue weighted by atomic mass is 32.1. The number of urea groups is 1. The fraction of sp³-hybridized carbons (Fsp3) is 0.333. The number of carbonyl (C=O) groups is 1. The Labute approximate surface area is 128 Å². The third-order valence-corrected chi connectivity index (χ3v) is 3.47. The Morgan fingerprint density at radius 1 is 1.29 bits per heavy atom. The number of nitrogens with zero attached hydrogens (tertiary/aromatic N) is 1. The lowest BCUT2D eigenvalue weighted by Gasteiger charge is -2.15. The number of nitrogens with one attached hydrogen (secondary N) is 3. The Balaban J connectivity index is 2.05. The quantitative estimate of drug-likeness (QED) is 0.777. The molecule has 0 aliphatic heterocycles. The average Bonchev–Trinajstić information content (AvgIpc) is 2.91. The van der Waals surface area contributed by atoms with Crippen LogP contribution in [0, 0.1) is 12.8 Å². The molecule has 1 aromatic carbocycles. The lowest BCUT2D eigenvalue weighted by molar-refractivity contribution is 0.262. The van der Waals surface area contributed by atoms with Gasteiger partial charge in [0.15, 0.2) is 5.13 Å². The molecule has 0 bridgehead atoms. The normalized spacial score (nSPS) is 10.5. The molecule has 0 atom stereocenters. The summed E-state index contributed by atoms with van der Waals surface area (Å²) in [5, 5.41) is 11.3. The van der Waals surface area contributed by atoms with Crippen LogP contribution in [-0.2, 0) is 0 Å². The van der Waals surface area contributed by atoms with Crippen molar-refractivity contribution in [2.75, 3.05) is 22.5 Å². The summed E-state index contributed by atoms with van der Waals surface area (Å²) in [6.45, 7) is 7.17. The van der Waals surface area contributed by atoms with Crippen molar-refractivity contribution < 1.29 is 4.79 Å². The van der Waals surface area contributed by atoms with Gasteiger partial charge in [-0.25, -0.2) is 9.78 Å². The zero-order valence-corrected chi connectivity index (χ0v) is 13.3. The first-order chi connectivity index (χ1) is 10.0. The molecule has 5 nitrogen and oxygen atoms in total. The predicted molar refractivity (Wildman–Crippen MR) is 89.3 cm³/mol. The van der Waals surface area contributed by atoms with Gasteiger partial charge in [-0.2, -0.15) is 0 Å². The van der Waals surface area contributed by atoms with E-state index in [0.717, 1.165) is 23.5 Å². The fourth-order valence-corrected chi connectivity index (χ4v) is 2.29. The second kappa shape index (κ2) is 7.08. The molecule has 0 fully saturated rings. The van der Waals surface area contributed by atoms with E-state index in [9.17, 15) is 4.79 Å². The number of amides is 2. The minimum atomic E-state index is -0.290. The maximum Gasteiger partial charge on any atom is 0.325 e. The molecule has 6 heteroatoms. The van der Waals surface area contributed by atoms with Gasteiger partial charge in [0.2, 0.25) is 0 Å². The predicted octanol–water partition coefficient (Wildman–Crippen LogP) is 4.16. The van der Waals surface area contributed by atoms with Crippen molar-refractivity contribution in [3.05, 3.63) is 35.3 Å². The Kier molecular flexibility index (Phi) is 5.16. The molecular formula is C15H20N4OS. The van der Waals surface area contributed by atoms with Crippen molar-refractivity contribution in [2.24, 2.45) is 5.92 Å². The van der Waals surface area contributed by atoms with Crippen LogP contribution in [0.4, 0.5) is 21.3 Å². The Hall–Kier alpha value is -2.08. The second-order valence-corrected chi connectivity index (χ2v) is 6.13. The van der Waals surface area contributed by atoms with E-state index < -0.39 is 0 Å². The number of anilines is 3. The van der Waals surface area contributed by atoms with Gasteiger partial charge in [0.1, 0.15) is 0 Å². The molecule has 0 saturated carbocycles. The minimum Gasteiger partial charge on any atom is -0.383 e. The van der Waals surface area contributed by atoms with Gasteiger partial charge < -0.3 is 10.6 Å². The summed E-state index contributed by atoms with van der Waals surface area (Å²) < 4.78 is 0. The van der Waals surface area contributed by atoms with Gasteiger partial charge in [-0.15, -0.1) is 11.3 Å². The molecule has 0 aliphatic rings. The largest absolute Gasteiger partial charge is 0.383 e. The molecule has 1 aromatic heterocycles. The van der Waals surface area contributed by atoms with Crippen molar-refractivity contribution >= 4 is 33.9 Å². The van der Waals surface area contributed by atoms with Gasteiger partial charge in [-0.1, -0.05) is 19.9 Å². The first-order valence-electron chi connectivity index (χ1n) is 6.86. The number of benzene rings is 1. The van der Waals surface area contributed by atoms with Crippen LogP contribution < -0.4 is 16.0 Å². The topological polar surface area (TPSA) is 66.0 Å². The van der Waals surface area contributed by atoms with Crippen LogP contribution in [0.2, 0.25) is 0 Å². The van der Waals surface area contributed by atoms with Crippen molar-refractivity contribution in [3.8, 4) is 0 Å². The van der Waals surface area contributed by atoms with Gasteiger partial charge in [0, 0.05) is 18.1 Å². The number of hydrogen-bond donors (Lipinski definition) is 3. The van der Waals surface area contributed by atoms with Crippen LogP contribution in [0.25, 0.3) is 0 Å². The minimum absolute atomic E-state index is 0.290. The highest BCUT2D eigenvalue weighted by molar-refractivity contribution is 7.13. The number of thiazole rings is 1. The Morgan fingerprint density at radius 2 is 2.10 bits per heavy atom. The summed E-state index contributed by atoms with van der Waals surface area (Å²) >= 11 is 1.38. The lowest BCUT2D eigenvalue weighted by Crippen LogP contribution is -2.20. The van der Waals surface area contributed by atoms with E-state index in [0.29, 0.717) is 11.0 Å². The van der Waals surface area contributed by atoms with E-state index in [2.05, 4.69) is 34.8 Å². The molecule has 0 saturated heterocycles. The number of aromatic nitrogens is 1. The van der Waals surface area contributed by atoms with E-state index in [1.807, 2.05) is 30.5 Å². The molecule has 1 heterocycles. The van der Waals surface area contributed by atoms with Crippen molar-refractivity contribution in [1.29, 1.82) is 0 Å². The number of carbonyl (C=O) groups excluding carboxylic acids is 1. The summed E-state index contributed by atoms with van der Waals surface area (Å²) in [7, 11) is 0. The second-order valence-electron chi connectivity index (χ2n) is 5.24. The van der Waals surface area contributed by atoms with Crippen LogP contribution in [0.15, 0.2) is 29.8 Å². The first kappa shape index (κ1) is 15.3. The van der Waals surface area contributed by atoms with Gasteiger partial charge in [0.05, 0.1) is 11.4 Å². The van der Waals surface area contributed by atoms with Crippen LogP contribution >= 0.6 is 11.3 Å². The molecule has 2 aromatic rings. The molecular weight excluding hydrogens is 284 g/mol. The monoisotopic (exact) mass is 304 g/mol. The molecule has 0 spiro atoms. The van der Waals surface area contributed by atoms with Crippen molar-refractivity contribution in [3.63, 3.8) is 0 Å². The molecule has 0 aliphatic carbocycles. The van der Waals surface area contributed by atoms with E-state index in [4.69, 9.17) is 0 Å². The maximum absolute atomic E-state index is 12.0. The molecule has 21 heavy (non-hydrogen) atoms. The summed E-state index contributed by atoms with van der Waals surface area (Å²) in [5.74, 6) is 0.530. The Bertz CT molecular complexity index is 596. The van der Waals surface area contributed by atoms with Gasteiger partial charge in [-0.3, -0.25) is 5.32 Å². The third-order valence-electron chi connectivity index (χ3n) is 2.78. The molecule has 2 rings (SSSR count). The maximum atomic E-state index is 12.0. The van der Waals surface area contributed by atoms with Crippen LogP contribution in [0.1, 0.15) is 19.4 Å². The molecule has 2 amide bonds. The van der Waals surface area contributed by atoms with Crippen molar-refractivity contribution in [2.45, 2.75) is 20.8 Å². The molecule has 112 valence electrons. The zero-order valence-electron chi connectivity index (χ0n) is 12.4. The van der Waals surface area contributed by atoms with E-state index in [-0.39, 0.29) is 6.03 Å². The SMILES string of the molecule is Cc1ccc(NC(=O)Nc2nccs2)c(NCC(C)C)c1. The molecule has 0 radical (unpaired) electrons. The summed E-state index contributed by atoms with van der Waals surface area (Å²) in [5.41, 5.74) is 2.83.